The first-order valence-corrected chi connectivity index (χ1v) is 6.09. The normalized spacial score (nSPS) is 10.4. The average Bonchev–Trinajstić information content (AvgIpc) is 2.81. The fraction of sp³-hybridized carbons (Fsp3) is 0.154. The highest BCUT2D eigenvalue weighted by atomic mass is 79.9. The average molecular weight is 312 g/mol. The van der Waals surface area contributed by atoms with Gasteiger partial charge in [0.05, 0.1) is 18.1 Å². The van der Waals surface area contributed by atoms with Gasteiger partial charge in [-0.05, 0) is 34.1 Å². The number of hydrogen-bond acceptors (Lipinski definition) is 2. The second-order valence-corrected chi connectivity index (χ2v) is 4.74. The van der Waals surface area contributed by atoms with Crippen molar-refractivity contribution in [2.24, 2.45) is 0 Å². The van der Waals surface area contributed by atoms with Gasteiger partial charge >= 0.3 is 0 Å². The lowest BCUT2D eigenvalue weighted by atomic mass is 10.2. The second-order valence-electron chi connectivity index (χ2n) is 3.89. The number of carbonyl (C=O) groups is 1. The number of amides is 1. The van der Waals surface area contributed by atoms with Gasteiger partial charge in [-0.15, -0.1) is 0 Å². The number of halogens is 2. The summed E-state index contributed by atoms with van der Waals surface area (Å²) in [6.45, 7) is 0.371. The van der Waals surface area contributed by atoms with Gasteiger partial charge in [-0.3, -0.25) is 4.79 Å². The van der Waals surface area contributed by atoms with E-state index in [2.05, 4.69) is 15.9 Å². The number of rotatable bonds is 3. The van der Waals surface area contributed by atoms with E-state index >= 15 is 0 Å². The van der Waals surface area contributed by atoms with Crippen LogP contribution in [-0.4, -0.2) is 17.9 Å². The van der Waals surface area contributed by atoms with Gasteiger partial charge in [0.2, 0.25) is 0 Å². The molecule has 0 aliphatic carbocycles. The molecule has 1 amide bonds. The summed E-state index contributed by atoms with van der Waals surface area (Å²) < 4.78 is 19.0. The summed E-state index contributed by atoms with van der Waals surface area (Å²) >= 11 is 3.19. The maximum absolute atomic E-state index is 13.6. The van der Waals surface area contributed by atoms with Gasteiger partial charge < -0.3 is 9.32 Å². The first kappa shape index (κ1) is 12.8. The van der Waals surface area contributed by atoms with E-state index in [0.29, 0.717) is 11.0 Å². The summed E-state index contributed by atoms with van der Waals surface area (Å²) in [4.78, 5) is 13.6. The predicted molar refractivity (Wildman–Crippen MR) is 68.6 cm³/mol. The molecule has 0 radical (unpaired) electrons. The molecule has 1 aromatic heterocycles. The standard InChI is InChI=1S/C13H11BrFNO2/c1-16(7-9-5-6-18-8-9)13(17)12-10(14)3-2-4-11(12)15/h2-6,8H,7H2,1H3. The molecule has 0 fully saturated rings. The van der Waals surface area contributed by atoms with Gasteiger partial charge in [0.1, 0.15) is 5.82 Å². The third-order valence-corrected chi connectivity index (χ3v) is 3.18. The van der Waals surface area contributed by atoms with E-state index in [1.54, 1.807) is 31.5 Å². The molecule has 18 heavy (non-hydrogen) atoms. The number of benzene rings is 1. The summed E-state index contributed by atoms with van der Waals surface area (Å²) in [5.41, 5.74) is 0.904. The van der Waals surface area contributed by atoms with Crippen LogP contribution in [0.1, 0.15) is 15.9 Å². The molecule has 2 rings (SSSR count). The largest absolute Gasteiger partial charge is 0.472 e. The molecule has 0 spiro atoms. The quantitative estimate of drug-likeness (QED) is 0.870. The van der Waals surface area contributed by atoms with Crippen molar-refractivity contribution in [3.8, 4) is 0 Å². The summed E-state index contributed by atoms with van der Waals surface area (Å²) in [5, 5.41) is 0. The Balaban J connectivity index is 2.21. The number of hydrogen-bond donors (Lipinski definition) is 0. The topological polar surface area (TPSA) is 33.5 Å². The summed E-state index contributed by atoms with van der Waals surface area (Å²) in [6, 6.07) is 6.22. The fourth-order valence-electron chi connectivity index (χ4n) is 1.62. The number of nitrogens with zero attached hydrogens (tertiary/aromatic N) is 1. The summed E-state index contributed by atoms with van der Waals surface area (Å²) in [7, 11) is 1.62. The summed E-state index contributed by atoms with van der Waals surface area (Å²) in [5.74, 6) is -0.908. The molecule has 5 heteroatoms. The van der Waals surface area contributed by atoms with Crippen LogP contribution in [0.15, 0.2) is 45.7 Å². The van der Waals surface area contributed by atoms with Crippen LogP contribution in [0.4, 0.5) is 4.39 Å². The molecule has 1 aromatic carbocycles. The first-order chi connectivity index (χ1) is 8.59. The molecule has 2 aromatic rings. The minimum absolute atomic E-state index is 0.0449. The van der Waals surface area contributed by atoms with Crippen molar-refractivity contribution in [3.05, 3.63) is 58.2 Å². The smallest absolute Gasteiger partial charge is 0.258 e. The van der Waals surface area contributed by atoms with Gasteiger partial charge in [0, 0.05) is 23.6 Å². The molecule has 0 aliphatic heterocycles. The van der Waals surface area contributed by atoms with Crippen molar-refractivity contribution in [3.63, 3.8) is 0 Å². The fourth-order valence-corrected chi connectivity index (χ4v) is 2.13. The van der Waals surface area contributed by atoms with E-state index in [0.717, 1.165) is 5.56 Å². The molecule has 3 nitrogen and oxygen atoms in total. The van der Waals surface area contributed by atoms with Crippen LogP contribution in [0.25, 0.3) is 0 Å². The Hall–Kier alpha value is -1.62. The number of carbonyl (C=O) groups excluding carboxylic acids is 1. The highest BCUT2D eigenvalue weighted by Gasteiger charge is 2.19. The molecular formula is C13H11BrFNO2. The molecule has 0 atom stereocenters. The van der Waals surface area contributed by atoms with E-state index in [-0.39, 0.29) is 11.5 Å². The van der Waals surface area contributed by atoms with E-state index < -0.39 is 5.82 Å². The molecular weight excluding hydrogens is 301 g/mol. The van der Waals surface area contributed by atoms with Crippen molar-refractivity contribution in [2.75, 3.05) is 7.05 Å². The predicted octanol–water partition coefficient (Wildman–Crippen LogP) is 3.45. The van der Waals surface area contributed by atoms with Gasteiger partial charge in [-0.1, -0.05) is 6.07 Å². The lowest BCUT2D eigenvalue weighted by Crippen LogP contribution is -2.27. The zero-order valence-electron chi connectivity index (χ0n) is 9.69. The Bertz CT molecular complexity index is 534. The monoisotopic (exact) mass is 311 g/mol. The molecule has 1 heterocycles. The molecule has 0 N–H and O–H groups in total. The van der Waals surface area contributed by atoms with E-state index in [4.69, 9.17) is 4.42 Å². The van der Waals surface area contributed by atoms with Crippen molar-refractivity contribution in [2.45, 2.75) is 6.54 Å². The minimum Gasteiger partial charge on any atom is -0.472 e. The zero-order chi connectivity index (χ0) is 13.1. The summed E-state index contributed by atoms with van der Waals surface area (Å²) in [6.07, 6.45) is 3.09. The highest BCUT2D eigenvalue weighted by molar-refractivity contribution is 9.10. The van der Waals surface area contributed by atoms with Crippen LogP contribution in [0.3, 0.4) is 0 Å². The van der Waals surface area contributed by atoms with Crippen LogP contribution in [0.2, 0.25) is 0 Å². The van der Waals surface area contributed by atoms with E-state index in [1.165, 1.54) is 17.2 Å². The second kappa shape index (κ2) is 5.35. The first-order valence-electron chi connectivity index (χ1n) is 5.30. The van der Waals surface area contributed by atoms with Gasteiger partial charge in [-0.2, -0.15) is 0 Å². The zero-order valence-corrected chi connectivity index (χ0v) is 11.3. The van der Waals surface area contributed by atoms with Crippen LogP contribution in [0.5, 0.6) is 0 Å². The lowest BCUT2D eigenvalue weighted by Gasteiger charge is -2.17. The van der Waals surface area contributed by atoms with Crippen molar-refractivity contribution < 1.29 is 13.6 Å². The Morgan fingerprint density at radius 1 is 1.44 bits per heavy atom. The SMILES string of the molecule is CN(Cc1ccoc1)C(=O)c1c(F)cccc1Br. The van der Waals surface area contributed by atoms with Crippen molar-refractivity contribution >= 4 is 21.8 Å². The molecule has 0 saturated carbocycles. The van der Waals surface area contributed by atoms with Gasteiger partial charge in [0.25, 0.3) is 5.91 Å². The maximum Gasteiger partial charge on any atom is 0.258 e. The van der Waals surface area contributed by atoms with Crippen molar-refractivity contribution in [1.29, 1.82) is 0 Å². The van der Waals surface area contributed by atoms with Gasteiger partial charge in [0.15, 0.2) is 0 Å². The lowest BCUT2D eigenvalue weighted by molar-refractivity contribution is 0.0779. The van der Waals surface area contributed by atoms with Crippen LogP contribution in [-0.2, 0) is 6.54 Å². The Kier molecular flexibility index (Phi) is 3.81. The Labute approximate surface area is 112 Å². The van der Waals surface area contributed by atoms with E-state index in [9.17, 15) is 9.18 Å². The highest BCUT2D eigenvalue weighted by Crippen LogP contribution is 2.21. The molecule has 0 saturated heterocycles. The minimum atomic E-state index is -0.534. The van der Waals surface area contributed by atoms with Crippen LogP contribution < -0.4 is 0 Å². The maximum atomic E-state index is 13.6. The van der Waals surface area contributed by atoms with Crippen LogP contribution in [0, 0.1) is 5.82 Å². The van der Waals surface area contributed by atoms with Gasteiger partial charge in [-0.25, -0.2) is 4.39 Å². The molecule has 94 valence electrons. The Morgan fingerprint density at radius 2 is 2.22 bits per heavy atom. The third kappa shape index (κ3) is 2.61. The molecule has 0 aliphatic rings. The molecule has 0 bridgehead atoms. The Morgan fingerprint density at radius 3 is 2.83 bits per heavy atom. The molecule has 0 unspecified atom stereocenters. The van der Waals surface area contributed by atoms with Crippen LogP contribution >= 0.6 is 15.9 Å². The van der Waals surface area contributed by atoms with Crippen molar-refractivity contribution in [1.82, 2.24) is 4.90 Å². The van der Waals surface area contributed by atoms with E-state index in [1.807, 2.05) is 0 Å². The third-order valence-electron chi connectivity index (χ3n) is 2.52. The number of furan rings is 1.